The van der Waals surface area contributed by atoms with Gasteiger partial charge in [0.05, 0.1) is 0 Å². The van der Waals surface area contributed by atoms with Crippen molar-refractivity contribution in [1.29, 1.82) is 0 Å². The van der Waals surface area contributed by atoms with Crippen molar-refractivity contribution >= 4 is 0 Å². The van der Waals surface area contributed by atoms with Gasteiger partial charge in [-0.3, -0.25) is 0 Å². The van der Waals surface area contributed by atoms with Gasteiger partial charge in [0, 0.05) is 0 Å². The number of allylic oxidation sites excluding steroid dienone is 3. The summed E-state index contributed by atoms with van der Waals surface area (Å²) < 4.78 is 0. The highest BCUT2D eigenvalue weighted by Crippen LogP contribution is 2.25. The molecule has 94 valence electrons. The van der Waals surface area contributed by atoms with Crippen molar-refractivity contribution < 1.29 is 0 Å². The molecule has 0 bridgehead atoms. The highest BCUT2D eigenvalue weighted by molar-refractivity contribution is 5.08. The lowest BCUT2D eigenvalue weighted by molar-refractivity contribution is 0.560. The van der Waals surface area contributed by atoms with Crippen molar-refractivity contribution in [3.63, 3.8) is 0 Å². The zero-order valence-corrected chi connectivity index (χ0v) is 11.6. The molecule has 0 saturated carbocycles. The van der Waals surface area contributed by atoms with Crippen LogP contribution in [0.3, 0.4) is 0 Å². The Morgan fingerprint density at radius 3 is 2.31 bits per heavy atom. The minimum atomic E-state index is 0.751. The third-order valence-electron chi connectivity index (χ3n) is 3.25. The summed E-state index contributed by atoms with van der Waals surface area (Å²) in [5, 5.41) is 0. The quantitative estimate of drug-likeness (QED) is 0.319. The molecule has 0 fully saturated rings. The predicted molar refractivity (Wildman–Crippen MR) is 75.7 cm³/mol. The fourth-order valence-corrected chi connectivity index (χ4v) is 2.13. The van der Waals surface area contributed by atoms with Crippen LogP contribution in [0.25, 0.3) is 0 Å². The summed E-state index contributed by atoms with van der Waals surface area (Å²) in [7, 11) is 0. The molecule has 0 amide bonds. The summed E-state index contributed by atoms with van der Waals surface area (Å²) in [6.45, 7) is 10.7. The first kappa shape index (κ1) is 15.5. The molecule has 0 aliphatic carbocycles. The number of hydrogen-bond donors (Lipinski definition) is 0. The van der Waals surface area contributed by atoms with Gasteiger partial charge in [-0.25, -0.2) is 0 Å². The van der Waals surface area contributed by atoms with Crippen molar-refractivity contribution in [3.8, 4) is 0 Å². The van der Waals surface area contributed by atoms with Crippen LogP contribution >= 0.6 is 0 Å². The molecular weight excluding hydrogens is 192 g/mol. The third kappa shape index (κ3) is 6.87. The molecule has 0 N–H and O–H groups in total. The Labute approximate surface area is 103 Å². The van der Waals surface area contributed by atoms with Crippen molar-refractivity contribution in [2.45, 2.75) is 72.1 Å². The van der Waals surface area contributed by atoms with E-state index in [0.29, 0.717) is 0 Å². The van der Waals surface area contributed by atoms with Gasteiger partial charge in [0.25, 0.3) is 0 Å². The summed E-state index contributed by atoms with van der Waals surface area (Å²) in [6.07, 6.45) is 14.8. The standard InChI is InChI=1S/C16H30/c1-5-9-11-14-16(13-10-6-2)15(8-4)12-7-3/h7,14-15H,3,5-6,8-13H2,1-2,4H3. The van der Waals surface area contributed by atoms with Crippen molar-refractivity contribution in [2.75, 3.05) is 0 Å². The van der Waals surface area contributed by atoms with Gasteiger partial charge in [0.15, 0.2) is 0 Å². The number of hydrogen-bond acceptors (Lipinski definition) is 0. The molecule has 0 aromatic carbocycles. The van der Waals surface area contributed by atoms with E-state index in [1.54, 1.807) is 5.57 Å². The maximum absolute atomic E-state index is 3.88. The lowest BCUT2D eigenvalue weighted by atomic mass is 9.88. The predicted octanol–water partition coefficient (Wildman–Crippen LogP) is 5.90. The lowest BCUT2D eigenvalue weighted by Gasteiger charge is -2.17. The Bertz CT molecular complexity index is 188. The fourth-order valence-electron chi connectivity index (χ4n) is 2.13. The summed E-state index contributed by atoms with van der Waals surface area (Å²) in [4.78, 5) is 0. The molecular formula is C16H30. The van der Waals surface area contributed by atoms with Crippen LogP contribution < -0.4 is 0 Å². The van der Waals surface area contributed by atoms with Gasteiger partial charge < -0.3 is 0 Å². The summed E-state index contributed by atoms with van der Waals surface area (Å²) in [5.74, 6) is 0.751. The first-order chi connectivity index (χ1) is 7.79. The molecule has 1 unspecified atom stereocenters. The minimum Gasteiger partial charge on any atom is -0.103 e. The first-order valence-corrected chi connectivity index (χ1v) is 7.09. The van der Waals surface area contributed by atoms with Crippen LogP contribution in [0, 0.1) is 5.92 Å². The lowest BCUT2D eigenvalue weighted by Crippen LogP contribution is -2.02. The smallest absolute Gasteiger partial charge is 0.0171 e. The summed E-state index contributed by atoms with van der Waals surface area (Å²) in [6, 6.07) is 0. The Hall–Kier alpha value is -0.520. The van der Waals surface area contributed by atoms with E-state index in [1.807, 2.05) is 0 Å². The topological polar surface area (TPSA) is 0 Å². The van der Waals surface area contributed by atoms with E-state index in [0.717, 1.165) is 12.3 Å². The van der Waals surface area contributed by atoms with Crippen LogP contribution in [-0.2, 0) is 0 Å². The van der Waals surface area contributed by atoms with Crippen molar-refractivity contribution in [2.24, 2.45) is 5.92 Å². The number of unbranched alkanes of at least 4 members (excludes halogenated alkanes) is 3. The zero-order valence-electron chi connectivity index (χ0n) is 11.6. The van der Waals surface area contributed by atoms with Gasteiger partial charge in [0.2, 0.25) is 0 Å². The summed E-state index contributed by atoms with van der Waals surface area (Å²) >= 11 is 0. The van der Waals surface area contributed by atoms with Gasteiger partial charge in [-0.2, -0.15) is 0 Å². The SMILES string of the molecule is C=CCC(CC)C(=CCCCC)CCCC. The Kier molecular flexibility index (Phi) is 10.6. The molecule has 0 aromatic rings. The molecule has 0 nitrogen and oxygen atoms in total. The largest absolute Gasteiger partial charge is 0.103 e. The van der Waals surface area contributed by atoms with E-state index in [1.165, 1.54) is 44.9 Å². The monoisotopic (exact) mass is 222 g/mol. The van der Waals surface area contributed by atoms with Crippen LogP contribution in [-0.4, -0.2) is 0 Å². The zero-order chi connectivity index (χ0) is 12.2. The Balaban J connectivity index is 4.34. The molecule has 0 aliphatic rings. The third-order valence-corrected chi connectivity index (χ3v) is 3.25. The molecule has 0 heteroatoms. The van der Waals surface area contributed by atoms with Crippen molar-refractivity contribution in [3.05, 3.63) is 24.3 Å². The average molecular weight is 222 g/mol. The minimum absolute atomic E-state index is 0.751. The maximum atomic E-state index is 3.88. The molecule has 0 aromatic heterocycles. The van der Waals surface area contributed by atoms with Crippen LogP contribution in [0.5, 0.6) is 0 Å². The van der Waals surface area contributed by atoms with E-state index >= 15 is 0 Å². The molecule has 0 heterocycles. The second-order valence-corrected chi connectivity index (χ2v) is 4.65. The van der Waals surface area contributed by atoms with Gasteiger partial charge in [-0.1, -0.05) is 57.8 Å². The van der Waals surface area contributed by atoms with E-state index in [-0.39, 0.29) is 0 Å². The second kappa shape index (κ2) is 11.0. The molecule has 1 atom stereocenters. The van der Waals surface area contributed by atoms with E-state index in [4.69, 9.17) is 0 Å². The van der Waals surface area contributed by atoms with E-state index < -0.39 is 0 Å². The maximum Gasteiger partial charge on any atom is -0.0171 e. The van der Waals surface area contributed by atoms with Crippen molar-refractivity contribution in [1.82, 2.24) is 0 Å². The molecule has 0 rings (SSSR count). The Morgan fingerprint density at radius 2 is 1.81 bits per heavy atom. The van der Waals surface area contributed by atoms with E-state index in [9.17, 15) is 0 Å². The van der Waals surface area contributed by atoms with Crippen LogP contribution in [0.4, 0.5) is 0 Å². The molecule has 0 aliphatic heterocycles. The highest BCUT2D eigenvalue weighted by Gasteiger charge is 2.09. The van der Waals surface area contributed by atoms with Gasteiger partial charge >= 0.3 is 0 Å². The molecule has 16 heavy (non-hydrogen) atoms. The molecule has 0 saturated heterocycles. The molecule has 0 spiro atoms. The van der Waals surface area contributed by atoms with Crippen LogP contribution in [0.1, 0.15) is 72.1 Å². The number of rotatable bonds is 10. The van der Waals surface area contributed by atoms with Gasteiger partial charge in [0.1, 0.15) is 0 Å². The van der Waals surface area contributed by atoms with E-state index in [2.05, 4.69) is 39.5 Å². The highest BCUT2D eigenvalue weighted by atomic mass is 14.1. The Morgan fingerprint density at radius 1 is 1.12 bits per heavy atom. The second-order valence-electron chi connectivity index (χ2n) is 4.65. The first-order valence-electron chi connectivity index (χ1n) is 7.09. The van der Waals surface area contributed by atoms with Gasteiger partial charge in [-0.15, -0.1) is 6.58 Å². The van der Waals surface area contributed by atoms with Gasteiger partial charge in [-0.05, 0) is 38.0 Å². The normalized spacial score (nSPS) is 13.8. The van der Waals surface area contributed by atoms with Crippen LogP contribution in [0.2, 0.25) is 0 Å². The average Bonchev–Trinajstić information content (AvgIpc) is 2.31. The fraction of sp³-hybridized carbons (Fsp3) is 0.750. The molecule has 0 radical (unpaired) electrons. The summed E-state index contributed by atoms with van der Waals surface area (Å²) in [5.41, 5.74) is 1.69. The van der Waals surface area contributed by atoms with Crippen LogP contribution in [0.15, 0.2) is 24.3 Å².